The predicted octanol–water partition coefficient (Wildman–Crippen LogP) is -0.0319. The van der Waals surface area contributed by atoms with E-state index in [-0.39, 0.29) is 0 Å². The van der Waals surface area contributed by atoms with Gasteiger partial charge in [0.25, 0.3) is 0 Å². The Balaban J connectivity index is 2.78. The summed E-state index contributed by atoms with van der Waals surface area (Å²) in [5, 5.41) is 7.27. The zero-order valence-corrected chi connectivity index (χ0v) is 5.28. The number of hydrogen-bond acceptors (Lipinski definition) is 4. The fourth-order valence-corrected chi connectivity index (χ4v) is 0.527. The van der Waals surface area contributed by atoms with Crippen LogP contribution in [0.5, 0.6) is 0 Å². The molecule has 0 amide bonds. The number of rotatable bonds is 0. The van der Waals surface area contributed by atoms with Crippen molar-refractivity contribution in [2.45, 2.75) is 18.6 Å². The minimum atomic E-state index is -0.526. The van der Waals surface area contributed by atoms with E-state index in [4.69, 9.17) is 11.5 Å². The molecule has 0 aliphatic carbocycles. The lowest BCUT2D eigenvalue weighted by molar-refractivity contribution is 0.442. The summed E-state index contributed by atoms with van der Waals surface area (Å²) in [6.07, 6.45) is 2.90. The summed E-state index contributed by atoms with van der Waals surface area (Å²) in [6.45, 7) is 1.81. The molecule has 0 aromatic heterocycles. The van der Waals surface area contributed by atoms with Crippen molar-refractivity contribution < 1.29 is 0 Å². The second-order valence-corrected chi connectivity index (χ2v) is 2.36. The Morgan fingerprint density at radius 3 is 2.67 bits per heavy atom. The van der Waals surface area contributed by atoms with Gasteiger partial charge in [-0.25, -0.2) is 0 Å². The van der Waals surface area contributed by atoms with Crippen LogP contribution in [0.15, 0.2) is 22.5 Å². The summed E-state index contributed by atoms with van der Waals surface area (Å²) in [4.78, 5) is 0. The van der Waals surface area contributed by atoms with Gasteiger partial charge in [0.2, 0.25) is 0 Å². The fraction of sp³-hybridized carbons (Fsp3) is 0.600. The van der Waals surface area contributed by atoms with Crippen molar-refractivity contribution in [3.05, 3.63) is 12.3 Å². The first kappa shape index (κ1) is 6.38. The lowest BCUT2D eigenvalue weighted by Gasteiger charge is -2.25. The van der Waals surface area contributed by atoms with E-state index < -0.39 is 11.7 Å². The van der Waals surface area contributed by atoms with E-state index in [0.717, 1.165) is 0 Å². The first-order chi connectivity index (χ1) is 4.13. The van der Waals surface area contributed by atoms with Crippen LogP contribution in [0.4, 0.5) is 0 Å². The van der Waals surface area contributed by atoms with Crippen molar-refractivity contribution in [2.24, 2.45) is 21.7 Å². The third-order valence-corrected chi connectivity index (χ3v) is 1.33. The SMILES string of the molecule is CC1(N)C=CN=NC1N. The summed E-state index contributed by atoms with van der Waals surface area (Å²) < 4.78 is 0. The highest BCUT2D eigenvalue weighted by atomic mass is 15.2. The molecule has 0 fully saturated rings. The maximum Gasteiger partial charge on any atom is 0.140 e. The highest BCUT2D eigenvalue weighted by Crippen LogP contribution is 2.11. The van der Waals surface area contributed by atoms with Crippen molar-refractivity contribution in [3.63, 3.8) is 0 Å². The van der Waals surface area contributed by atoms with E-state index in [2.05, 4.69) is 10.2 Å². The number of nitrogens with zero attached hydrogens (tertiary/aromatic N) is 2. The van der Waals surface area contributed by atoms with Crippen LogP contribution in [0.1, 0.15) is 6.92 Å². The van der Waals surface area contributed by atoms with Gasteiger partial charge >= 0.3 is 0 Å². The Kier molecular flexibility index (Phi) is 1.34. The molecule has 9 heavy (non-hydrogen) atoms. The summed E-state index contributed by atoms with van der Waals surface area (Å²) in [5.74, 6) is 0. The summed E-state index contributed by atoms with van der Waals surface area (Å²) in [6, 6.07) is 0. The van der Waals surface area contributed by atoms with E-state index in [1.807, 2.05) is 6.92 Å². The van der Waals surface area contributed by atoms with Crippen LogP contribution < -0.4 is 11.5 Å². The van der Waals surface area contributed by atoms with Gasteiger partial charge in [-0.15, -0.1) is 0 Å². The molecule has 1 heterocycles. The molecule has 0 spiro atoms. The van der Waals surface area contributed by atoms with E-state index in [1.54, 1.807) is 12.3 Å². The zero-order chi connectivity index (χ0) is 6.91. The minimum absolute atomic E-state index is 0.400. The number of nitrogens with two attached hydrogens (primary N) is 2. The van der Waals surface area contributed by atoms with Crippen LogP contribution in [-0.2, 0) is 0 Å². The molecule has 2 unspecified atom stereocenters. The molecule has 0 aromatic carbocycles. The van der Waals surface area contributed by atoms with Crippen LogP contribution in [0, 0.1) is 0 Å². The molecule has 0 saturated heterocycles. The smallest absolute Gasteiger partial charge is 0.140 e. The molecule has 1 rings (SSSR count). The molecule has 0 radical (unpaired) electrons. The lowest BCUT2D eigenvalue weighted by Crippen LogP contribution is -2.50. The van der Waals surface area contributed by atoms with Gasteiger partial charge in [-0.2, -0.15) is 10.2 Å². The van der Waals surface area contributed by atoms with Crippen molar-refractivity contribution in [1.29, 1.82) is 0 Å². The van der Waals surface area contributed by atoms with Crippen LogP contribution in [-0.4, -0.2) is 11.7 Å². The number of hydrogen-bond donors (Lipinski definition) is 2. The Hall–Kier alpha value is -0.740. The van der Waals surface area contributed by atoms with Crippen LogP contribution in [0.2, 0.25) is 0 Å². The molecule has 1 aliphatic rings. The quantitative estimate of drug-likeness (QED) is 0.478. The summed E-state index contributed by atoms with van der Waals surface area (Å²) in [7, 11) is 0. The van der Waals surface area contributed by atoms with Gasteiger partial charge in [-0.1, -0.05) is 0 Å². The van der Waals surface area contributed by atoms with Crippen LogP contribution >= 0.6 is 0 Å². The molecule has 0 saturated carbocycles. The molecule has 2 atom stereocenters. The van der Waals surface area contributed by atoms with E-state index >= 15 is 0 Å². The van der Waals surface area contributed by atoms with Crippen molar-refractivity contribution >= 4 is 0 Å². The van der Waals surface area contributed by atoms with E-state index in [1.165, 1.54) is 0 Å². The van der Waals surface area contributed by atoms with Gasteiger partial charge in [0.05, 0.1) is 5.54 Å². The highest BCUT2D eigenvalue weighted by Gasteiger charge is 2.25. The van der Waals surface area contributed by atoms with Crippen molar-refractivity contribution in [1.82, 2.24) is 0 Å². The summed E-state index contributed by atoms with van der Waals surface area (Å²) in [5.41, 5.74) is 10.6. The van der Waals surface area contributed by atoms with Gasteiger partial charge in [0.15, 0.2) is 0 Å². The average molecular weight is 126 g/mol. The molecular weight excluding hydrogens is 116 g/mol. The highest BCUT2D eigenvalue weighted by molar-refractivity contribution is 5.08. The third-order valence-electron chi connectivity index (χ3n) is 1.33. The first-order valence-corrected chi connectivity index (χ1v) is 2.75. The van der Waals surface area contributed by atoms with Gasteiger partial charge < -0.3 is 11.5 Å². The van der Waals surface area contributed by atoms with Gasteiger partial charge in [-0.3, -0.25) is 0 Å². The Labute approximate surface area is 53.6 Å². The molecule has 50 valence electrons. The second kappa shape index (κ2) is 1.89. The summed E-state index contributed by atoms with van der Waals surface area (Å²) >= 11 is 0. The van der Waals surface area contributed by atoms with E-state index in [9.17, 15) is 0 Å². The Morgan fingerprint density at radius 1 is 1.67 bits per heavy atom. The second-order valence-electron chi connectivity index (χ2n) is 2.36. The van der Waals surface area contributed by atoms with Crippen LogP contribution in [0.25, 0.3) is 0 Å². The maximum absolute atomic E-state index is 5.66. The predicted molar refractivity (Wildman–Crippen MR) is 34.6 cm³/mol. The molecule has 4 N–H and O–H groups in total. The largest absolute Gasteiger partial charge is 0.319 e. The molecule has 0 bridgehead atoms. The normalized spacial score (nSPS) is 41.4. The standard InChI is InChI=1S/C5H10N4/c1-5(7)2-3-8-9-4(5)6/h2-4H,6-7H2,1H3. The first-order valence-electron chi connectivity index (χ1n) is 2.75. The molecule has 1 aliphatic heterocycles. The molecular formula is C5H10N4. The topological polar surface area (TPSA) is 76.8 Å². The molecule has 4 nitrogen and oxygen atoms in total. The van der Waals surface area contributed by atoms with Gasteiger partial charge in [0.1, 0.15) is 6.17 Å². The van der Waals surface area contributed by atoms with Gasteiger partial charge in [0, 0.05) is 6.20 Å². The minimum Gasteiger partial charge on any atom is -0.319 e. The fourth-order valence-electron chi connectivity index (χ4n) is 0.527. The zero-order valence-electron chi connectivity index (χ0n) is 5.28. The monoisotopic (exact) mass is 126 g/mol. The van der Waals surface area contributed by atoms with Gasteiger partial charge in [-0.05, 0) is 13.0 Å². The Morgan fingerprint density at radius 2 is 2.33 bits per heavy atom. The van der Waals surface area contributed by atoms with Crippen molar-refractivity contribution in [3.8, 4) is 0 Å². The lowest BCUT2D eigenvalue weighted by atomic mass is 10.0. The third kappa shape index (κ3) is 1.14. The van der Waals surface area contributed by atoms with E-state index in [0.29, 0.717) is 0 Å². The average Bonchev–Trinajstić information content (AvgIpc) is 1.77. The number of azo groups is 1. The molecule has 4 heteroatoms. The maximum atomic E-state index is 5.66. The molecule has 0 aromatic rings. The Bertz CT molecular complexity index is 158. The van der Waals surface area contributed by atoms with Crippen molar-refractivity contribution in [2.75, 3.05) is 0 Å². The van der Waals surface area contributed by atoms with Crippen LogP contribution in [0.3, 0.4) is 0 Å².